The topological polar surface area (TPSA) is 33.5 Å². The van der Waals surface area contributed by atoms with Gasteiger partial charge in [0.25, 0.3) is 0 Å². The van der Waals surface area contributed by atoms with Crippen molar-refractivity contribution in [1.82, 2.24) is 14.7 Å². The Bertz CT molecular complexity index is 431. The first-order chi connectivity index (χ1) is 8.69. The smallest absolute Gasteiger partial charge is 0.213 e. The molecular formula is C13H22N4O. The molecule has 100 valence electrons. The summed E-state index contributed by atoms with van der Waals surface area (Å²) in [4.78, 5) is 5.05. The van der Waals surface area contributed by atoms with Gasteiger partial charge in [0.05, 0.1) is 7.11 Å². The van der Waals surface area contributed by atoms with Crippen molar-refractivity contribution >= 4 is 5.82 Å². The Labute approximate surface area is 108 Å². The molecule has 2 unspecified atom stereocenters. The average Bonchev–Trinajstić information content (AvgIpc) is 2.93. The second-order valence-corrected chi connectivity index (χ2v) is 5.46. The zero-order chi connectivity index (χ0) is 12.7. The van der Waals surface area contributed by atoms with Gasteiger partial charge in [-0.25, -0.2) is 4.68 Å². The van der Waals surface area contributed by atoms with Crippen LogP contribution in [0.2, 0.25) is 0 Å². The number of anilines is 1. The number of nitrogens with zero attached hydrogens (tertiary/aromatic N) is 4. The third-order valence-electron chi connectivity index (χ3n) is 4.26. The van der Waals surface area contributed by atoms with Gasteiger partial charge in [-0.2, -0.15) is 5.10 Å². The van der Waals surface area contributed by atoms with Crippen molar-refractivity contribution in [2.75, 3.05) is 31.6 Å². The van der Waals surface area contributed by atoms with Crippen LogP contribution in [0.5, 0.6) is 5.88 Å². The second kappa shape index (κ2) is 4.46. The molecule has 1 aromatic heterocycles. The van der Waals surface area contributed by atoms with Gasteiger partial charge in [0.2, 0.25) is 5.88 Å². The number of aromatic nitrogens is 2. The number of aryl methyl sites for hydroxylation is 1. The number of methoxy groups -OCH3 is 1. The fourth-order valence-electron chi connectivity index (χ4n) is 3.27. The molecule has 2 aliphatic heterocycles. The lowest BCUT2D eigenvalue weighted by Gasteiger charge is -2.42. The molecule has 2 saturated heterocycles. The summed E-state index contributed by atoms with van der Waals surface area (Å²) in [5.74, 6) is 1.87. The van der Waals surface area contributed by atoms with Gasteiger partial charge < -0.3 is 9.64 Å². The Hall–Kier alpha value is -1.23. The quantitative estimate of drug-likeness (QED) is 0.787. The van der Waals surface area contributed by atoms with Crippen LogP contribution in [0, 0.1) is 0 Å². The molecule has 0 aliphatic carbocycles. The predicted molar refractivity (Wildman–Crippen MR) is 71.2 cm³/mol. The number of piperazine rings is 1. The molecule has 0 spiro atoms. The van der Waals surface area contributed by atoms with Gasteiger partial charge in [-0.05, 0) is 26.3 Å². The largest absolute Gasteiger partial charge is 0.481 e. The highest BCUT2D eigenvalue weighted by Crippen LogP contribution is 2.29. The molecule has 1 aromatic rings. The second-order valence-electron chi connectivity index (χ2n) is 5.46. The molecule has 0 bridgehead atoms. The molecule has 2 aliphatic rings. The number of rotatable bonds is 2. The molecule has 0 N–H and O–H groups in total. The van der Waals surface area contributed by atoms with E-state index in [2.05, 4.69) is 21.8 Å². The first-order valence-electron chi connectivity index (χ1n) is 6.77. The van der Waals surface area contributed by atoms with E-state index in [1.54, 1.807) is 7.11 Å². The van der Waals surface area contributed by atoms with E-state index in [-0.39, 0.29) is 0 Å². The minimum atomic E-state index is 0.527. The summed E-state index contributed by atoms with van der Waals surface area (Å²) in [6.07, 6.45) is 2.67. The summed E-state index contributed by atoms with van der Waals surface area (Å²) in [6.45, 7) is 5.81. The van der Waals surface area contributed by atoms with Gasteiger partial charge in [0, 0.05) is 38.3 Å². The van der Waals surface area contributed by atoms with Crippen LogP contribution in [0.3, 0.4) is 0 Å². The van der Waals surface area contributed by atoms with Gasteiger partial charge in [0.15, 0.2) is 5.82 Å². The lowest BCUT2D eigenvalue weighted by molar-refractivity contribution is 0.202. The maximum Gasteiger partial charge on any atom is 0.213 e. The summed E-state index contributed by atoms with van der Waals surface area (Å²) in [6, 6.07) is 3.29. The van der Waals surface area contributed by atoms with E-state index < -0.39 is 0 Å². The number of hydrogen-bond acceptors (Lipinski definition) is 4. The number of fused-ring (bicyclic) bond motifs is 1. The normalized spacial score (nSPS) is 28.5. The zero-order valence-corrected chi connectivity index (χ0v) is 11.5. The Morgan fingerprint density at radius 1 is 1.39 bits per heavy atom. The van der Waals surface area contributed by atoms with E-state index in [1.807, 2.05) is 17.8 Å². The standard InChI is InChI=1S/C13H22N4O/c1-10-8-16-6-4-5-11(16)9-17(10)12-7-13(18-3)15(2)14-12/h7,10-11H,4-6,8-9H2,1-3H3. The van der Waals surface area contributed by atoms with Gasteiger partial charge >= 0.3 is 0 Å². The van der Waals surface area contributed by atoms with E-state index in [1.165, 1.54) is 19.4 Å². The van der Waals surface area contributed by atoms with Gasteiger partial charge in [-0.3, -0.25) is 4.90 Å². The van der Waals surface area contributed by atoms with Crippen LogP contribution in [0.25, 0.3) is 0 Å². The summed E-state index contributed by atoms with van der Waals surface area (Å²) in [5.41, 5.74) is 0. The summed E-state index contributed by atoms with van der Waals surface area (Å²) in [7, 11) is 3.62. The maximum atomic E-state index is 5.30. The van der Waals surface area contributed by atoms with Crippen molar-refractivity contribution < 1.29 is 4.74 Å². The van der Waals surface area contributed by atoms with Crippen LogP contribution in [-0.4, -0.2) is 53.5 Å². The molecule has 0 amide bonds. The van der Waals surface area contributed by atoms with E-state index in [0.717, 1.165) is 24.8 Å². The Kier molecular flexibility index (Phi) is 2.93. The molecule has 3 heterocycles. The highest BCUT2D eigenvalue weighted by atomic mass is 16.5. The first kappa shape index (κ1) is 11.8. The highest BCUT2D eigenvalue weighted by molar-refractivity contribution is 5.44. The van der Waals surface area contributed by atoms with Crippen LogP contribution in [0.15, 0.2) is 6.07 Å². The Balaban J connectivity index is 1.82. The number of ether oxygens (including phenoxy) is 1. The van der Waals surface area contributed by atoms with E-state index in [4.69, 9.17) is 4.74 Å². The van der Waals surface area contributed by atoms with E-state index >= 15 is 0 Å². The van der Waals surface area contributed by atoms with Crippen LogP contribution < -0.4 is 9.64 Å². The number of hydrogen-bond donors (Lipinski definition) is 0. The maximum absolute atomic E-state index is 5.30. The molecule has 3 rings (SSSR count). The molecule has 5 nitrogen and oxygen atoms in total. The lowest BCUT2D eigenvalue weighted by atomic mass is 10.1. The van der Waals surface area contributed by atoms with Crippen molar-refractivity contribution in [2.45, 2.75) is 31.8 Å². The van der Waals surface area contributed by atoms with Crippen LogP contribution >= 0.6 is 0 Å². The van der Waals surface area contributed by atoms with Gasteiger partial charge in [-0.1, -0.05) is 0 Å². The first-order valence-corrected chi connectivity index (χ1v) is 6.77. The van der Waals surface area contributed by atoms with Gasteiger partial charge in [0.1, 0.15) is 0 Å². The minimum Gasteiger partial charge on any atom is -0.481 e. The van der Waals surface area contributed by atoms with E-state index in [9.17, 15) is 0 Å². The van der Waals surface area contributed by atoms with Gasteiger partial charge in [-0.15, -0.1) is 0 Å². The summed E-state index contributed by atoms with van der Waals surface area (Å²) in [5, 5.41) is 4.57. The molecule has 18 heavy (non-hydrogen) atoms. The lowest BCUT2D eigenvalue weighted by Crippen LogP contribution is -2.55. The Morgan fingerprint density at radius 3 is 2.94 bits per heavy atom. The van der Waals surface area contributed by atoms with Crippen molar-refractivity contribution in [2.24, 2.45) is 7.05 Å². The summed E-state index contributed by atoms with van der Waals surface area (Å²) < 4.78 is 7.11. The molecule has 2 fully saturated rings. The molecule has 0 saturated carbocycles. The third-order valence-corrected chi connectivity index (χ3v) is 4.26. The molecule has 0 radical (unpaired) electrons. The van der Waals surface area contributed by atoms with Crippen molar-refractivity contribution in [3.8, 4) is 5.88 Å². The molecule has 0 aromatic carbocycles. The summed E-state index contributed by atoms with van der Waals surface area (Å²) >= 11 is 0. The van der Waals surface area contributed by atoms with Crippen molar-refractivity contribution in [3.63, 3.8) is 0 Å². The highest BCUT2D eigenvalue weighted by Gasteiger charge is 2.35. The zero-order valence-electron chi connectivity index (χ0n) is 11.5. The molecule has 5 heteroatoms. The Morgan fingerprint density at radius 2 is 2.22 bits per heavy atom. The molecule has 2 atom stereocenters. The SMILES string of the molecule is COc1cc(N2CC3CCCN3CC2C)nn1C. The predicted octanol–water partition coefficient (Wildman–Crippen LogP) is 1.10. The fraction of sp³-hybridized carbons (Fsp3) is 0.769. The van der Waals surface area contributed by atoms with Crippen LogP contribution in [-0.2, 0) is 7.05 Å². The fourth-order valence-corrected chi connectivity index (χ4v) is 3.27. The van der Waals surface area contributed by atoms with Crippen LogP contribution in [0.4, 0.5) is 5.82 Å². The third kappa shape index (κ3) is 1.86. The van der Waals surface area contributed by atoms with Crippen molar-refractivity contribution in [1.29, 1.82) is 0 Å². The minimum absolute atomic E-state index is 0.527. The van der Waals surface area contributed by atoms with E-state index in [0.29, 0.717) is 12.1 Å². The average molecular weight is 250 g/mol. The van der Waals surface area contributed by atoms with Crippen molar-refractivity contribution in [3.05, 3.63) is 6.07 Å². The monoisotopic (exact) mass is 250 g/mol. The van der Waals surface area contributed by atoms with Crippen LogP contribution in [0.1, 0.15) is 19.8 Å². The molecular weight excluding hydrogens is 228 g/mol.